The van der Waals surface area contributed by atoms with Gasteiger partial charge in [0.15, 0.2) is 0 Å². The Labute approximate surface area is 326 Å². The number of rotatable bonds is 7. The Morgan fingerprint density at radius 3 is 1.42 bits per heavy atom. The van der Waals surface area contributed by atoms with E-state index >= 15 is 0 Å². The van der Waals surface area contributed by atoms with Crippen LogP contribution in [0.25, 0.3) is 97.4 Å². The summed E-state index contributed by atoms with van der Waals surface area (Å²) in [7, 11) is 0. The topological polar surface area (TPSA) is 38.7 Å². The molecule has 55 heavy (non-hydrogen) atoms. The van der Waals surface area contributed by atoms with Crippen LogP contribution in [0.2, 0.25) is 0 Å². The molecule has 2 aromatic heterocycles. The van der Waals surface area contributed by atoms with Crippen LogP contribution < -0.4 is 0 Å². The van der Waals surface area contributed by atoms with Crippen LogP contribution in [0.1, 0.15) is 0 Å². The second kappa shape index (κ2) is 14.3. The van der Waals surface area contributed by atoms with Gasteiger partial charge in [0.05, 0.1) is 0 Å². The Balaban J connectivity index is 1.32. The SMILES string of the molecule is c1ccc(-c2ccccc2-c2ccc3[se]c4ccccc4c3c2-c2ccccc2-c2nnnc(-c3ccccc3)c2-c2ccccc2-c2ccccc2)cc1. The molecule has 0 aliphatic rings. The molecule has 0 bridgehead atoms. The van der Waals surface area contributed by atoms with Crippen molar-refractivity contribution in [2.24, 2.45) is 0 Å². The molecule has 10 aromatic rings. The maximum absolute atomic E-state index is 4.98. The van der Waals surface area contributed by atoms with Crippen molar-refractivity contribution in [3.8, 4) is 78.1 Å². The Hall–Kier alpha value is -6.71. The number of hydrogen-bond acceptors (Lipinski definition) is 3. The predicted molar refractivity (Wildman–Crippen MR) is 230 cm³/mol. The Kier molecular flexibility index (Phi) is 8.53. The van der Waals surface area contributed by atoms with Gasteiger partial charge in [-0.05, 0) is 0 Å². The first-order chi connectivity index (χ1) is 27.3. The van der Waals surface area contributed by atoms with Gasteiger partial charge in [-0.15, -0.1) is 0 Å². The maximum atomic E-state index is 4.98. The van der Waals surface area contributed by atoms with Crippen LogP contribution in [0.5, 0.6) is 0 Å². The van der Waals surface area contributed by atoms with Crippen molar-refractivity contribution < 1.29 is 0 Å². The normalized spacial score (nSPS) is 11.3. The van der Waals surface area contributed by atoms with E-state index in [-0.39, 0.29) is 14.5 Å². The van der Waals surface area contributed by atoms with Crippen LogP contribution in [0.4, 0.5) is 0 Å². The third-order valence-electron chi connectivity index (χ3n) is 10.4. The molecule has 0 spiro atoms. The number of fused-ring (bicyclic) bond motifs is 3. The van der Waals surface area contributed by atoms with Crippen molar-refractivity contribution in [1.82, 2.24) is 15.4 Å². The molecule has 0 N–H and O–H groups in total. The first kappa shape index (κ1) is 32.9. The number of hydrogen-bond donors (Lipinski definition) is 0. The van der Waals surface area contributed by atoms with Crippen molar-refractivity contribution in [3.05, 3.63) is 200 Å². The van der Waals surface area contributed by atoms with Gasteiger partial charge in [-0.1, -0.05) is 6.07 Å². The summed E-state index contributed by atoms with van der Waals surface area (Å²) >= 11 is 0.184. The van der Waals surface area contributed by atoms with Crippen molar-refractivity contribution in [2.45, 2.75) is 0 Å². The van der Waals surface area contributed by atoms with E-state index in [9.17, 15) is 0 Å². The molecule has 0 radical (unpaired) electrons. The third kappa shape index (κ3) is 5.89. The molecule has 0 atom stereocenters. The van der Waals surface area contributed by atoms with E-state index in [0.717, 1.165) is 50.3 Å². The molecule has 0 fully saturated rings. The van der Waals surface area contributed by atoms with Gasteiger partial charge in [-0.3, -0.25) is 0 Å². The predicted octanol–water partition coefficient (Wildman–Crippen LogP) is 12.9. The van der Waals surface area contributed by atoms with Gasteiger partial charge in [0.1, 0.15) is 0 Å². The summed E-state index contributed by atoms with van der Waals surface area (Å²) < 4.78 is 2.80. The fraction of sp³-hybridized carbons (Fsp3) is 0. The molecule has 0 aliphatic heterocycles. The molecule has 8 aromatic carbocycles. The van der Waals surface area contributed by atoms with Crippen molar-refractivity contribution >= 4 is 33.8 Å². The minimum absolute atomic E-state index is 0.184. The second-order valence-electron chi connectivity index (χ2n) is 13.6. The molecular formula is C51H33N3Se. The second-order valence-corrected chi connectivity index (χ2v) is 15.8. The summed E-state index contributed by atoms with van der Waals surface area (Å²) in [5.41, 5.74) is 15.0. The van der Waals surface area contributed by atoms with Gasteiger partial charge < -0.3 is 0 Å². The summed E-state index contributed by atoms with van der Waals surface area (Å²) in [5.74, 6) is 0. The van der Waals surface area contributed by atoms with Gasteiger partial charge in [0.2, 0.25) is 0 Å². The molecule has 2 heterocycles. The molecule has 0 saturated carbocycles. The van der Waals surface area contributed by atoms with E-state index in [1.54, 1.807) is 0 Å². The molecule has 4 heteroatoms. The van der Waals surface area contributed by atoms with Crippen molar-refractivity contribution in [1.29, 1.82) is 0 Å². The van der Waals surface area contributed by atoms with E-state index in [4.69, 9.17) is 10.2 Å². The zero-order chi connectivity index (χ0) is 36.6. The fourth-order valence-corrected chi connectivity index (χ4v) is 10.3. The van der Waals surface area contributed by atoms with E-state index < -0.39 is 0 Å². The summed E-state index contributed by atoms with van der Waals surface area (Å²) in [5, 5.41) is 16.9. The van der Waals surface area contributed by atoms with Crippen LogP contribution in [0.3, 0.4) is 0 Å². The van der Waals surface area contributed by atoms with E-state index in [2.05, 4.69) is 199 Å². The van der Waals surface area contributed by atoms with Gasteiger partial charge in [-0.25, -0.2) is 0 Å². The Morgan fingerprint density at radius 2 is 0.764 bits per heavy atom. The molecule has 0 amide bonds. The zero-order valence-corrected chi connectivity index (χ0v) is 31.5. The standard InChI is InChI=1S/C51H33N3Se/c1-4-18-34(19-5-1)37-24-10-12-26-39(37)42-32-33-46-48(44-30-16-17-31-45(44)55-46)47(42)41-28-14-15-29-43(41)51-49(50(52-54-53-51)36-22-8-3-9-23-36)40-27-13-11-25-38(40)35-20-6-2-7-21-35/h1-33H. The van der Waals surface area contributed by atoms with Gasteiger partial charge in [0, 0.05) is 0 Å². The van der Waals surface area contributed by atoms with Crippen LogP contribution in [0.15, 0.2) is 200 Å². The zero-order valence-electron chi connectivity index (χ0n) is 29.8. The summed E-state index contributed by atoms with van der Waals surface area (Å²) in [4.78, 5) is 0. The van der Waals surface area contributed by atoms with Crippen LogP contribution in [-0.4, -0.2) is 29.9 Å². The molecule has 0 aliphatic carbocycles. The summed E-state index contributed by atoms with van der Waals surface area (Å²) in [6.07, 6.45) is 0. The Morgan fingerprint density at radius 1 is 0.291 bits per heavy atom. The van der Waals surface area contributed by atoms with Crippen molar-refractivity contribution in [3.63, 3.8) is 0 Å². The van der Waals surface area contributed by atoms with Crippen LogP contribution >= 0.6 is 0 Å². The average Bonchev–Trinajstić information content (AvgIpc) is 3.66. The summed E-state index contributed by atoms with van der Waals surface area (Å²) in [6.45, 7) is 0. The number of nitrogens with zero attached hydrogens (tertiary/aromatic N) is 3. The number of benzene rings is 8. The monoisotopic (exact) mass is 767 g/mol. The minimum atomic E-state index is 0.184. The first-order valence-electron chi connectivity index (χ1n) is 18.5. The molecule has 0 saturated heterocycles. The average molecular weight is 767 g/mol. The van der Waals surface area contributed by atoms with Crippen molar-refractivity contribution in [2.75, 3.05) is 0 Å². The molecule has 258 valence electrons. The molecule has 10 rings (SSSR count). The van der Waals surface area contributed by atoms with Crippen LogP contribution in [-0.2, 0) is 0 Å². The first-order valence-corrected chi connectivity index (χ1v) is 20.2. The quantitative estimate of drug-likeness (QED) is 0.152. The summed E-state index contributed by atoms with van der Waals surface area (Å²) in [6, 6.07) is 71.4. The van der Waals surface area contributed by atoms with Gasteiger partial charge >= 0.3 is 321 Å². The Bertz CT molecular complexity index is 2970. The van der Waals surface area contributed by atoms with Gasteiger partial charge in [-0.2, -0.15) is 0 Å². The van der Waals surface area contributed by atoms with E-state index in [1.807, 2.05) is 6.07 Å². The fourth-order valence-electron chi connectivity index (χ4n) is 7.95. The molecule has 0 unspecified atom stereocenters. The molecule has 3 nitrogen and oxygen atoms in total. The molecular weight excluding hydrogens is 734 g/mol. The van der Waals surface area contributed by atoms with Crippen LogP contribution in [0, 0.1) is 0 Å². The van der Waals surface area contributed by atoms with E-state index in [0.29, 0.717) is 0 Å². The third-order valence-corrected chi connectivity index (χ3v) is 12.8. The number of aromatic nitrogens is 3. The van der Waals surface area contributed by atoms with E-state index in [1.165, 1.54) is 47.1 Å². The van der Waals surface area contributed by atoms with Gasteiger partial charge in [0.25, 0.3) is 0 Å².